The van der Waals surface area contributed by atoms with Crippen LogP contribution in [0.4, 0.5) is 0 Å². The smallest absolute Gasteiger partial charge is 0.209 e. The van der Waals surface area contributed by atoms with Crippen molar-refractivity contribution in [3.05, 3.63) is 0 Å². The molecule has 0 aromatic rings. The molecule has 3 saturated heterocycles. The number of rotatable bonds is 6. The zero-order valence-electron chi connectivity index (χ0n) is 22.6. The Morgan fingerprint density at radius 3 is 1.11 bits per heavy atom. The molecule has 0 bridgehead atoms. The van der Waals surface area contributed by atoms with E-state index in [0.717, 1.165) is 67.2 Å². The summed E-state index contributed by atoms with van der Waals surface area (Å²) in [5, 5.41) is -14.8. The van der Waals surface area contributed by atoms with Crippen molar-refractivity contribution in [1.82, 2.24) is 16.0 Å². The quantitative estimate of drug-likeness (QED) is 0.0669. The molecule has 0 saturated carbocycles. The molecule has 0 spiro atoms. The van der Waals surface area contributed by atoms with Gasteiger partial charge in [0.05, 0.1) is 0 Å². The molecule has 0 aliphatic carbocycles. The first-order valence-corrected chi connectivity index (χ1v) is 12.0. The van der Waals surface area contributed by atoms with Crippen LogP contribution in [0.25, 0.3) is 0 Å². The lowest BCUT2D eigenvalue weighted by molar-refractivity contribution is -1.78. The summed E-state index contributed by atoms with van der Waals surface area (Å²) < 4.78 is 9.45. The number of nitrogens with zero attached hydrogens (tertiary/aromatic N) is 12. The predicted molar refractivity (Wildman–Crippen MR) is 121 cm³/mol. The van der Waals surface area contributed by atoms with Gasteiger partial charge in [-0.3, -0.25) is 0 Å². The molecule has 9 atom stereocenters. The van der Waals surface area contributed by atoms with Crippen molar-refractivity contribution >= 4 is 46.0 Å². The molecule has 24 N–H and O–H groups in total. The third kappa shape index (κ3) is 10.9. The van der Waals surface area contributed by atoms with Crippen molar-refractivity contribution in [1.29, 1.82) is 0 Å². The predicted octanol–water partition coefficient (Wildman–Crippen LogP) is -9.93. The first-order valence-electron chi connectivity index (χ1n) is 10.2. The summed E-state index contributed by atoms with van der Waals surface area (Å²) >= 11 is 2.26. The van der Waals surface area contributed by atoms with Crippen LogP contribution in [-0.2, 0) is 75.5 Å². The molecule has 0 amide bonds. The van der Waals surface area contributed by atoms with Crippen LogP contribution in [0.15, 0.2) is 0 Å². The van der Waals surface area contributed by atoms with Gasteiger partial charge in [0.15, 0.2) is 40.9 Å². The van der Waals surface area contributed by atoms with E-state index in [-0.39, 0.29) is 16.0 Å². The number of nitrogens with two attached hydrogens (primary N) is 12. The van der Waals surface area contributed by atoms with Crippen LogP contribution < -0.4 is 70.1 Å². The highest BCUT2D eigenvalue weighted by Gasteiger charge is 2.76. The highest BCUT2D eigenvalue weighted by molar-refractivity contribution is 14.1. The fourth-order valence-corrected chi connectivity index (χ4v) is 2.97. The first-order chi connectivity index (χ1) is 20.1. The van der Waals surface area contributed by atoms with Crippen molar-refractivity contribution in [2.75, 3.05) is 21.1 Å². The average Bonchev–Trinajstić information content (AvgIpc) is 2.71. The topological polar surface area (TPSA) is 470 Å². The van der Waals surface area contributed by atoms with Gasteiger partial charge in [-0.2, -0.15) is 0 Å². The van der Waals surface area contributed by atoms with E-state index in [1.54, 1.807) is 0 Å². The number of halogens is 2. The van der Waals surface area contributed by atoms with E-state index in [9.17, 15) is 0 Å². The SMILES string of the molecule is C[N+]1(N)ON(N)O[N+](N)(O[N+]2(N)O[N+](N)(OI)ON(N)O[N+](N)(O[N+]3(N)O[N+](C)(N)ON(N)O[N+](N)(OI)O3)O2)O[N+](C)(N)O1. The average molecular weight is 915 g/mol. The second kappa shape index (κ2) is 13.0. The van der Waals surface area contributed by atoms with E-state index in [1.165, 1.54) is 0 Å². The van der Waals surface area contributed by atoms with Gasteiger partial charge in [0.2, 0.25) is 60.8 Å². The summed E-state index contributed by atoms with van der Waals surface area (Å²) in [6.07, 6.45) is 0. The van der Waals surface area contributed by atoms with Crippen molar-refractivity contribution in [3.63, 3.8) is 0 Å². The number of hydrogen-bond donors (Lipinski definition) is 12. The van der Waals surface area contributed by atoms with E-state index in [2.05, 4.69) is 0 Å². The lowest BCUT2D eigenvalue weighted by Gasteiger charge is -2.34. The monoisotopic (exact) mass is 915 g/mol. The molecule has 45 heavy (non-hydrogen) atoms. The summed E-state index contributed by atoms with van der Waals surface area (Å²) in [5.74, 6) is 68.8. The van der Waals surface area contributed by atoms with Crippen molar-refractivity contribution in [2.24, 2.45) is 70.1 Å². The molecule has 42 heteroatoms. The summed E-state index contributed by atoms with van der Waals surface area (Å²) in [4.78, 5) is 65.1. The Bertz CT molecular complexity index is 1050. The highest BCUT2D eigenvalue weighted by Crippen LogP contribution is 2.31. The molecule has 3 fully saturated rings. The van der Waals surface area contributed by atoms with Gasteiger partial charge in [-0.1, -0.05) is 35.1 Å². The molecule has 9 unspecified atom stereocenters. The van der Waals surface area contributed by atoms with Gasteiger partial charge < -0.3 is 0 Å². The maximum atomic E-state index is 5.99. The van der Waals surface area contributed by atoms with Gasteiger partial charge in [-0.15, -0.1) is 17.5 Å². The van der Waals surface area contributed by atoms with E-state index in [1.807, 2.05) is 0 Å². The van der Waals surface area contributed by atoms with Gasteiger partial charge >= 0.3 is 20.3 Å². The highest BCUT2D eigenvalue weighted by atomic mass is 127. The summed E-state index contributed by atoms with van der Waals surface area (Å²) in [6.45, 7) is 0. The molecule has 3 aliphatic heterocycles. The molecular formula is C3H33I2N24O16+9. The molecule has 40 nitrogen and oxygen atoms in total. The minimum absolute atomic E-state index is 0.0113. The fraction of sp³-hybridized carbons (Fsp3) is 1.00. The number of hydroxylamine groups is 6. The number of hydrazine groups is 3. The third-order valence-electron chi connectivity index (χ3n) is 3.47. The first kappa shape index (κ1) is 39.3. The molecule has 3 heterocycles. The van der Waals surface area contributed by atoms with E-state index in [0.29, 0.717) is 0 Å². The van der Waals surface area contributed by atoms with Crippen molar-refractivity contribution < 1.29 is 121 Å². The van der Waals surface area contributed by atoms with Gasteiger partial charge in [0.25, 0.3) is 10.2 Å². The van der Waals surface area contributed by atoms with Crippen LogP contribution in [0.5, 0.6) is 0 Å². The molecule has 3 aliphatic rings. The summed E-state index contributed by atoms with van der Waals surface area (Å²) in [6, 6.07) is 0. The van der Waals surface area contributed by atoms with E-state index < -0.39 is 45.2 Å². The Morgan fingerprint density at radius 1 is 0.400 bits per heavy atom. The molecule has 0 aromatic carbocycles. The Labute approximate surface area is 273 Å². The summed E-state index contributed by atoms with van der Waals surface area (Å²) in [5.41, 5.74) is 0. The van der Waals surface area contributed by atoms with E-state index >= 15 is 0 Å². The van der Waals surface area contributed by atoms with Crippen LogP contribution in [0.1, 0.15) is 0 Å². The lowest BCUT2D eigenvalue weighted by atomic mass is 11.4. The van der Waals surface area contributed by atoms with Gasteiger partial charge in [0, 0.05) is 29.6 Å². The minimum Gasteiger partial charge on any atom is -0.209 e. The normalized spacial score (nSPS) is 50.6. The van der Waals surface area contributed by atoms with Crippen LogP contribution in [0.3, 0.4) is 0 Å². The molecule has 266 valence electrons. The Balaban J connectivity index is 2.03. The second-order valence-corrected chi connectivity index (χ2v) is 8.89. The molecule has 0 aromatic heterocycles. The van der Waals surface area contributed by atoms with Crippen molar-refractivity contribution in [2.45, 2.75) is 0 Å². The maximum absolute atomic E-state index is 5.99. The van der Waals surface area contributed by atoms with Crippen LogP contribution in [0, 0.1) is 0 Å². The van der Waals surface area contributed by atoms with Gasteiger partial charge in [-0.25, -0.2) is 17.5 Å². The Kier molecular flexibility index (Phi) is 11.3. The van der Waals surface area contributed by atoms with Crippen LogP contribution in [0.2, 0.25) is 0 Å². The molecule has 0 radical (unpaired) electrons. The molecule has 3 rings (SSSR count). The van der Waals surface area contributed by atoms with Crippen molar-refractivity contribution in [3.8, 4) is 0 Å². The number of quaternary nitrogens is 9. The largest absolute Gasteiger partial charge is 0.359 e. The molecular weight excluding hydrogens is 882 g/mol. The minimum atomic E-state index is -2.69. The second-order valence-electron chi connectivity index (χ2n) is 8.10. The zero-order chi connectivity index (χ0) is 34.5. The standard InChI is InChI=1S/C3H33I2N24O16/c1-21(9)32-19(7)36-26(14,40-23(3,11)38-21)43-29(17)42-25(13,31-5)35-20(8)37-27(15,45-29)44-28(16)39-22(2,10)33-18(6)34-24(12,30-4)41-28/h6-17H2,1-3H3/q+9. The third-order valence-corrected chi connectivity index (χ3v) is 4.57. The van der Waals surface area contributed by atoms with Crippen LogP contribution in [-0.4, -0.2) is 82.4 Å². The number of hydrogen-bond acceptors (Lipinski definition) is 31. The van der Waals surface area contributed by atoms with Crippen LogP contribution >= 0.6 is 46.0 Å². The fourth-order valence-electron chi connectivity index (χ4n) is 2.68. The zero-order valence-corrected chi connectivity index (χ0v) is 26.9. The Morgan fingerprint density at radius 2 is 0.689 bits per heavy atom. The maximum Gasteiger partial charge on any atom is 0.359 e. The van der Waals surface area contributed by atoms with E-state index in [4.69, 9.17) is 146 Å². The van der Waals surface area contributed by atoms with Gasteiger partial charge in [-0.05, 0) is 6.33 Å². The Hall–Kier alpha value is -0.140. The summed E-state index contributed by atoms with van der Waals surface area (Å²) in [7, 11) is 2.92. The van der Waals surface area contributed by atoms with Gasteiger partial charge in [0.1, 0.15) is 35.7 Å². The lowest BCUT2D eigenvalue weighted by Crippen LogP contribution is -2.83.